The van der Waals surface area contributed by atoms with Crippen molar-refractivity contribution in [2.75, 3.05) is 24.6 Å². The first-order valence-electron chi connectivity index (χ1n) is 18.1. The van der Waals surface area contributed by atoms with E-state index >= 15 is 0 Å². The van der Waals surface area contributed by atoms with Gasteiger partial charge in [-0.15, -0.1) is 0 Å². The average molecular weight is 689 g/mol. The van der Waals surface area contributed by atoms with Crippen molar-refractivity contribution in [2.45, 2.75) is 76.5 Å². The maximum absolute atomic E-state index is 14.9. The summed E-state index contributed by atoms with van der Waals surface area (Å²) >= 11 is 0. The van der Waals surface area contributed by atoms with Crippen molar-refractivity contribution in [1.82, 2.24) is 0 Å². The summed E-state index contributed by atoms with van der Waals surface area (Å²) in [7, 11) is 0. The van der Waals surface area contributed by atoms with Gasteiger partial charge in [-0.25, -0.2) is 4.39 Å². The van der Waals surface area contributed by atoms with E-state index in [0.717, 1.165) is 72.4 Å². The van der Waals surface area contributed by atoms with Crippen molar-refractivity contribution in [3.63, 3.8) is 0 Å². The average Bonchev–Trinajstić information content (AvgIpc) is 3.52. The number of nitrogens with zero attached hydrogens (tertiary/aromatic N) is 3. The van der Waals surface area contributed by atoms with Crippen LogP contribution in [0.25, 0.3) is 0 Å². The third-order valence-electron chi connectivity index (χ3n) is 11.5. The highest BCUT2D eigenvalue weighted by Gasteiger charge is 2.52. The number of rotatable bonds is 12. The first kappa shape index (κ1) is 35.8. The zero-order valence-electron chi connectivity index (χ0n) is 29.8. The molecule has 2 aromatic carbocycles. The lowest BCUT2D eigenvalue weighted by Crippen LogP contribution is -2.39. The minimum atomic E-state index is -0.862. The van der Waals surface area contributed by atoms with E-state index < -0.39 is 16.8 Å². The van der Waals surface area contributed by atoms with Crippen LogP contribution in [0.4, 0.5) is 15.8 Å². The largest absolute Gasteiger partial charge is 0.481 e. The maximum Gasteiger partial charge on any atom is 0.309 e. The molecule has 4 atom stereocenters. The predicted molar refractivity (Wildman–Crippen MR) is 198 cm³/mol. The third kappa shape index (κ3) is 6.74. The molecular formula is C43H47FN3O4+. The Hall–Kier alpha value is -5.03. The van der Waals surface area contributed by atoms with E-state index in [2.05, 4.69) is 78.8 Å². The van der Waals surface area contributed by atoms with Crippen LogP contribution in [0.5, 0.6) is 0 Å². The molecule has 0 radical (unpaired) electrons. The second kappa shape index (κ2) is 15.1. The van der Waals surface area contributed by atoms with Crippen molar-refractivity contribution in [1.29, 1.82) is 5.26 Å². The van der Waals surface area contributed by atoms with Gasteiger partial charge in [0.25, 0.3) is 6.47 Å². The molecule has 1 N–H and O–H groups in total. The maximum atomic E-state index is 14.9. The highest BCUT2D eigenvalue weighted by Crippen LogP contribution is 2.54. The summed E-state index contributed by atoms with van der Waals surface area (Å²) in [4.78, 5) is 25.0. The Labute approximate surface area is 300 Å². The van der Waals surface area contributed by atoms with E-state index in [1.54, 1.807) is 12.1 Å². The standard InChI is InChI=1S/C43H46FN3O4/c1-30-14-18-37-35(26-30)42(2,32-10-6-4-7-11-32)39(46(37)23-22-41(49)50)20-15-31(28-45)16-21-40-43(3,33-12-8-5-9-13-33)36-27-34(44)17-19-38(36)47(40)24-25-51-29-48/h6,8,10,12,14-21,26-27,29,32-33H,4-5,7,9,11,13,22-25H2,1-3H3/p+1. The number of hydrogen-bond donors (Lipinski definition) is 1. The number of halogens is 1. The van der Waals surface area contributed by atoms with Gasteiger partial charge in [0, 0.05) is 34.5 Å². The number of carbonyl (C=O) groups excluding carboxylic acids is 1. The molecule has 264 valence electrons. The lowest BCUT2D eigenvalue weighted by molar-refractivity contribution is -0.436. The topological polar surface area (TPSA) is 93.6 Å². The van der Waals surface area contributed by atoms with Crippen LogP contribution in [-0.4, -0.2) is 47.5 Å². The van der Waals surface area contributed by atoms with Gasteiger partial charge in [0.05, 0.1) is 23.6 Å². The summed E-state index contributed by atoms with van der Waals surface area (Å²) in [6.45, 7) is 7.75. The number of carbonyl (C=O) groups is 2. The molecule has 0 bridgehead atoms. The molecular weight excluding hydrogens is 641 g/mol. The Balaban J connectivity index is 1.46. The van der Waals surface area contributed by atoms with Crippen molar-refractivity contribution in [3.05, 3.63) is 119 Å². The summed E-state index contributed by atoms with van der Waals surface area (Å²) < 4.78 is 22.1. The van der Waals surface area contributed by atoms with E-state index in [0.29, 0.717) is 25.1 Å². The van der Waals surface area contributed by atoms with Gasteiger partial charge >= 0.3 is 5.97 Å². The first-order chi connectivity index (χ1) is 24.6. The summed E-state index contributed by atoms with van der Waals surface area (Å²) in [6.07, 6.45) is 22.7. The number of aliphatic carboxylic acids is 1. The molecule has 2 heterocycles. The van der Waals surface area contributed by atoms with E-state index in [1.807, 2.05) is 24.3 Å². The first-order valence-corrected chi connectivity index (χ1v) is 18.1. The third-order valence-corrected chi connectivity index (χ3v) is 11.5. The molecule has 0 saturated heterocycles. The molecule has 4 unspecified atom stereocenters. The van der Waals surface area contributed by atoms with Gasteiger partial charge in [-0.3, -0.25) is 9.59 Å². The molecule has 6 rings (SSSR count). The number of hydrogen-bond acceptors (Lipinski definition) is 5. The van der Waals surface area contributed by atoms with Crippen molar-refractivity contribution < 1.29 is 28.4 Å². The van der Waals surface area contributed by atoms with Gasteiger partial charge in [0.15, 0.2) is 12.3 Å². The predicted octanol–water partition coefficient (Wildman–Crippen LogP) is 8.52. The number of anilines is 1. The zero-order chi connectivity index (χ0) is 36.2. The van der Waals surface area contributed by atoms with Gasteiger partial charge in [-0.05, 0) is 119 Å². The molecule has 0 aromatic heterocycles. The number of nitriles is 1. The van der Waals surface area contributed by atoms with Gasteiger partial charge in [0.1, 0.15) is 18.8 Å². The lowest BCUT2D eigenvalue weighted by Gasteiger charge is -2.37. The van der Waals surface area contributed by atoms with Crippen LogP contribution < -0.4 is 4.90 Å². The fourth-order valence-corrected chi connectivity index (χ4v) is 8.80. The van der Waals surface area contributed by atoms with E-state index in [-0.39, 0.29) is 30.7 Å². The van der Waals surface area contributed by atoms with Crippen LogP contribution in [0.2, 0.25) is 0 Å². The fourth-order valence-electron chi connectivity index (χ4n) is 8.80. The van der Waals surface area contributed by atoms with Gasteiger partial charge in [-0.1, -0.05) is 35.9 Å². The van der Waals surface area contributed by atoms with E-state index in [9.17, 15) is 24.3 Å². The van der Waals surface area contributed by atoms with Crippen LogP contribution in [0.1, 0.15) is 75.5 Å². The number of ether oxygens (including phenoxy) is 1. The van der Waals surface area contributed by atoms with Crippen molar-refractivity contribution >= 4 is 29.5 Å². The number of aryl methyl sites for hydroxylation is 1. The van der Waals surface area contributed by atoms with Gasteiger partial charge in [0.2, 0.25) is 5.69 Å². The molecule has 2 aliphatic heterocycles. The van der Waals surface area contributed by atoms with Crippen LogP contribution in [0, 0.1) is 35.9 Å². The fraction of sp³-hybridized carbons (Fsp3) is 0.395. The molecule has 4 aliphatic rings. The SMILES string of the molecule is Cc1ccc2c(c1)C(C)(C1C=CCCC1)C(/C=C/C(C#N)=C/C=C1/N(CCOC=O)c3ccc(F)cc3C1(C)C1C=CCCC1)=[N+]2CCC(=O)O. The Bertz CT molecular complexity index is 1930. The van der Waals surface area contributed by atoms with Crippen molar-refractivity contribution in [3.8, 4) is 6.07 Å². The number of carboxylic acid groups (broad SMARTS) is 1. The Kier molecular flexibility index (Phi) is 10.6. The monoisotopic (exact) mass is 688 g/mol. The zero-order valence-corrected chi connectivity index (χ0v) is 29.8. The second-order valence-corrected chi connectivity index (χ2v) is 14.4. The van der Waals surface area contributed by atoms with Crippen molar-refractivity contribution in [2.24, 2.45) is 11.8 Å². The molecule has 51 heavy (non-hydrogen) atoms. The van der Waals surface area contributed by atoms with E-state index in [1.165, 1.54) is 11.6 Å². The molecule has 0 saturated carbocycles. The van der Waals surface area contributed by atoms with Crippen LogP contribution in [0.3, 0.4) is 0 Å². The number of benzene rings is 2. The Morgan fingerprint density at radius 1 is 1.08 bits per heavy atom. The highest BCUT2D eigenvalue weighted by atomic mass is 19.1. The lowest BCUT2D eigenvalue weighted by atomic mass is 9.66. The summed E-state index contributed by atoms with van der Waals surface area (Å²) in [5, 5.41) is 20.2. The van der Waals surface area contributed by atoms with E-state index in [4.69, 9.17) is 4.74 Å². The normalized spacial score (nSPS) is 26.5. The Morgan fingerprint density at radius 3 is 2.45 bits per heavy atom. The number of fused-ring (bicyclic) bond motifs is 2. The number of carboxylic acids is 1. The van der Waals surface area contributed by atoms with Gasteiger partial charge in [-0.2, -0.15) is 9.84 Å². The molecule has 0 amide bonds. The quantitative estimate of drug-likeness (QED) is 0.0600. The molecule has 8 heteroatoms. The smallest absolute Gasteiger partial charge is 0.309 e. The summed E-state index contributed by atoms with van der Waals surface area (Å²) in [6, 6.07) is 13.6. The Morgan fingerprint density at radius 2 is 1.80 bits per heavy atom. The minimum Gasteiger partial charge on any atom is -0.481 e. The second-order valence-electron chi connectivity index (χ2n) is 14.4. The number of allylic oxidation sites excluding steroid dienone is 10. The molecule has 2 aromatic rings. The van der Waals surface area contributed by atoms with Gasteiger partial charge < -0.3 is 14.7 Å². The summed E-state index contributed by atoms with van der Waals surface area (Å²) in [5.41, 5.74) is 6.36. The summed E-state index contributed by atoms with van der Waals surface area (Å²) in [5.74, 6) is -0.859. The van der Waals surface area contributed by atoms with Crippen LogP contribution in [0.15, 0.2) is 96.3 Å². The molecule has 0 fully saturated rings. The highest BCUT2D eigenvalue weighted by molar-refractivity contribution is 6.04. The molecule has 2 aliphatic carbocycles. The minimum absolute atomic E-state index is 0.0205. The van der Waals surface area contributed by atoms with Crippen LogP contribution in [-0.2, 0) is 25.2 Å². The molecule has 7 nitrogen and oxygen atoms in total. The molecule has 0 spiro atoms. The van der Waals surface area contributed by atoms with Crippen LogP contribution >= 0.6 is 0 Å².